The molecular formula is C12H11NO2. The highest BCUT2D eigenvalue weighted by atomic mass is 16.5. The number of ether oxygens (including phenoxy) is 1. The van der Waals surface area contributed by atoms with Crippen LogP contribution in [-0.4, -0.2) is 18.4 Å². The van der Waals surface area contributed by atoms with E-state index in [1.165, 1.54) is 0 Å². The predicted octanol–water partition coefficient (Wildman–Crippen LogP) is 2.36. The average Bonchev–Trinajstić information content (AvgIpc) is 2.29. The zero-order chi connectivity index (χ0) is 10.8. The summed E-state index contributed by atoms with van der Waals surface area (Å²) in [6.45, 7) is 1.98. The number of hydrogen-bond acceptors (Lipinski definition) is 3. The molecule has 0 saturated heterocycles. The standard InChI is InChI=1S/C12H11NO2/c1-8-3-4-11(15-2)10-5-9(7-14)6-13-12(8)10/h3-7H,1-2H3. The number of aldehydes is 1. The molecule has 3 heteroatoms. The summed E-state index contributed by atoms with van der Waals surface area (Å²) < 4.78 is 5.23. The van der Waals surface area contributed by atoms with Crippen LogP contribution in [0, 0.1) is 6.92 Å². The van der Waals surface area contributed by atoms with E-state index in [0.717, 1.165) is 28.5 Å². The number of carbonyl (C=O) groups excluding carboxylic acids is 1. The summed E-state index contributed by atoms with van der Waals surface area (Å²) >= 11 is 0. The van der Waals surface area contributed by atoms with Gasteiger partial charge in [0, 0.05) is 17.1 Å². The van der Waals surface area contributed by atoms with Crippen LogP contribution in [0.25, 0.3) is 10.9 Å². The average molecular weight is 201 g/mol. The first-order valence-electron chi connectivity index (χ1n) is 4.65. The highest BCUT2D eigenvalue weighted by molar-refractivity contribution is 5.91. The molecule has 76 valence electrons. The van der Waals surface area contributed by atoms with Crippen molar-refractivity contribution in [2.24, 2.45) is 0 Å². The van der Waals surface area contributed by atoms with Crippen molar-refractivity contribution in [2.45, 2.75) is 6.92 Å². The van der Waals surface area contributed by atoms with Crippen molar-refractivity contribution in [3.8, 4) is 5.75 Å². The second kappa shape index (κ2) is 3.69. The van der Waals surface area contributed by atoms with Crippen LogP contribution in [0.1, 0.15) is 15.9 Å². The molecule has 0 aliphatic rings. The van der Waals surface area contributed by atoms with E-state index in [1.807, 2.05) is 19.1 Å². The molecule has 1 heterocycles. The lowest BCUT2D eigenvalue weighted by Gasteiger charge is -2.07. The van der Waals surface area contributed by atoms with Gasteiger partial charge in [-0.3, -0.25) is 9.78 Å². The third-order valence-corrected chi connectivity index (χ3v) is 2.39. The first kappa shape index (κ1) is 9.65. The Bertz CT molecular complexity index is 520. The van der Waals surface area contributed by atoms with Gasteiger partial charge in [-0.25, -0.2) is 0 Å². The maximum absolute atomic E-state index is 10.7. The molecule has 0 saturated carbocycles. The summed E-state index contributed by atoms with van der Waals surface area (Å²) in [6.07, 6.45) is 2.36. The van der Waals surface area contributed by atoms with Gasteiger partial charge in [-0.05, 0) is 24.6 Å². The van der Waals surface area contributed by atoms with E-state index in [9.17, 15) is 4.79 Å². The molecule has 0 atom stereocenters. The zero-order valence-corrected chi connectivity index (χ0v) is 8.65. The molecule has 15 heavy (non-hydrogen) atoms. The van der Waals surface area contributed by atoms with Crippen molar-refractivity contribution in [2.75, 3.05) is 7.11 Å². The van der Waals surface area contributed by atoms with Gasteiger partial charge >= 0.3 is 0 Å². The Hall–Kier alpha value is -1.90. The Morgan fingerprint density at radius 1 is 1.40 bits per heavy atom. The molecule has 3 nitrogen and oxygen atoms in total. The summed E-state index contributed by atoms with van der Waals surface area (Å²) in [4.78, 5) is 14.9. The van der Waals surface area contributed by atoms with Gasteiger partial charge in [0.1, 0.15) is 5.75 Å². The predicted molar refractivity (Wildman–Crippen MR) is 58.4 cm³/mol. The molecule has 0 amide bonds. The van der Waals surface area contributed by atoms with Gasteiger partial charge in [-0.1, -0.05) is 6.07 Å². The monoisotopic (exact) mass is 201 g/mol. The minimum absolute atomic E-state index is 0.561. The van der Waals surface area contributed by atoms with Crippen LogP contribution < -0.4 is 4.74 Å². The van der Waals surface area contributed by atoms with Crippen LogP contribution in [0.2, 0.25) is 0 Å². The number of hydrogen-bond donors (Lipinski definition) is 0. The Kier molecular flexibility index (Phi) is 2.37. The highest BCUT2D eigenvalue weighted by Crippen LogP contribution is 2.26. The Labute approximate surface area is 87.7 Å². The van der Waals surface area contributed by atoms with Crippen LogP contribution in [0.5, 0.6) is 5.75 Å². The third-order valence-electron chi connectivity index (χ3n) is 2.39. The number of rotatable bonds is 2. The van der Waals surface area contributed by atoms with Crippen molar-refractivity contribution in [1.82, 2.24) is 4.98 Å². The summed E-state index contributed by atoms with van der Waals surface area (Å²) in [6, 6.07) is 5.63. The van der Waals surface area contributed by atoms with Crippen molar-refractivity contribution in [3.05, 3.63) is 35.5 Å². The van der Waals surface area contributed by atoms with Crippen molar-refractivity contribution >= 4 is 17.2 Å². The van der Waals surface area contributed by atoms with E-state index < -0.39 is 0 Å². The molecule has 0 N–H and O–H groups in total. The SMILES string of the molecule is COc1ccc(C)c2ncc(C=O)cc12. The van der Waals surface area contributed by atoms with Crippen molar-refractivity contribution in [3.63, 3.8) is 0 Å². The largest absolute Gasteiger partial charge is 0.496 e. The van der Waals surface area contributed by atoms with E-state index in [-0.39, 0.29) is 0 Å². The molecule has 2 rings (SSSR count). The van der Waals surface area contributed by atoms with Crippen molar-refractivity contribution < 1.29 is 9.53 Å². The lowest BCUT2D eigenvalue weighted by molar-refractivity contribution is 0.112. The minimum Gasteiger partial charge on any atom is -0.496 e. The Morgan fingerprint density at radius 2 is 2.20 bits per heavy atom. The second-order valence-corrected chi connectivity index (χ2v) is 3.37. The highest BCUT2D eigenvalue weighted by Gasteiger charge is 2.05. The van der Waals surface area contributed by atoms with Crippen LogP contribution in [0.4, 0.5) is 0 Å². The summed E-state index contributed by atoms with van der Waals surface area (Å²) in [5, 5.41) is 0.877. The summed E-state index contributed by atoms with van der Waals surface area (Å²) in [5.74, 6) is 0.742. The molecule has 0 unspecified atom stereocenters. The van der Waals surface area contributed by atoms with Gasteiger partial charge in [0.05, 0.1) is 12.6 Å². The van der Waals surface area contributed by atoms with Gasteiger partial charge in [-0.2, -0.15) is 0 Å². The molecular weight excluding hydrogens is 190 g/mol. The Morgan fingerprint density at radius 3 is 2.87 bits per heavy atom. The summed E-state index contributed by atoms with van der Waals surface area (Å²) in [7, 11) is 1.61. The first-order valence-corrected chi connectivity index (χ1v) is 4.65. The topological polar surface area (TPSA) is 39.2 Å². The van der Waals surface area contributed by atoms with Gasteiger partial charge in [-0.15, -0.1) is 0 Å². The maximum Gasteiger partial charge on any atom is 0.151 e. The van der Waals surface area contributed by atoms with Gasteiger partial charge in [0.2, 0.25) is 0 Å². The van der Waals surface area contributed by atoms with Crippen molar-refractivity contribution in [1.29, 1.82) is 0 Å². The number of pyridine rings is 1. The van der Waals surface area contributed by atoms with E-state index in [1.54, 1.807) is 19.4 Å². The number of aromatic nitrogens is 1. The first-order chi connectivity index (χ1) is 7.26. The van der Waals surface area contributed by atoms with E-state index in [2.05, 4.69) is 4.98 Å². The number of nitrogens with zero attached hydrogens (tertiary/aromatic N) is 1. The van der Waals surface area contributed by atoms with E-state index >= 15 is 0 Å². The molecule has 0 aliphatic carbocycles. The maximum atomic E-state index is 10.7. The lowest BCUT2D eigenvalue weighted by atomic mass is 10.1. The molecule has 0 aliphatic heterocycles. The molecule has 0 spiro atoms. The van der Waals surface area contributed by atoms with Crippen LogP contribution >= 0.6 is 0 Å². The number of aryl methyl sites for hydroxylation is 1. The normalized spacial score (nSPS) is 10.3. The van der Waals surface area contributed by atoms with Gasteiger partial charge in [0.25, 0.3) is 0 Å². The fourth-order valence-electron chi connectivity index (χ4n) is 1.59. The fourth-order valence-corrected chi connectivity index (χ4v) is 1.59. The summed E-state index contributed by atoms with van der Waals surface area (Å²) in [5.41, 5.74) is 2.51. The Balaban J connectivity index is 2.82. The number of methoxy groups -OCH3 is 1. The molecule has 0 fully saturated rings. The quantitative estimate of drug-likeness (QED) is 0.700. The number of benzene rings is 1. The molecule has 0 radical (unpaired) electrons. The van der Waals surface area contributed by atoms with E-state index in [0.29, 0.717) is 5.56 Å². The number of fused-ring (bicyclic) bond motifs is 1. The van der Waals surface area contributed by atoms with E-state index in [4.69, 9.17) is 4.74 Å². The molecule has 2 aromatic rings. The van der Waals surface area contributed by atoms with Gasteiger partial charge < -0.3 is 4.74 Å². The fraction of sp³-hybridized carbons (Fsp3) is 0.167. The lowest BCUT2D eigenvalue weighted by Crippen LogP contribution is -1.91. The van der Waals surface area contributed by atoms with Crippen LogP contribution in [-0.2, 0) is 0 Å². The van der Waals surface area contributed by atoms with Gasteiger partial charge in [0.15, 0.2) is 6.29 Å². The number of carbonyl (C=O) groups is 1. The molecule has 0 bridgehead atoms. The second-order valence-electron chi connectivity index (χ2n) is 3.37. The molecule has 1 aromatic carbocycles. The van der Waals surface area contributed by atoms with Crippen LogP contribution in [0.3, 0.4) is 0 Å². The van der Waals surface area contributed by atoms with Crippen LogP contribution in [0.15, 0.2) is 24.4 Å². The smallest absolute Gasteiger partial charge is 0.151 e. The minimum atomic E-state index is 0.561. The molecule has 1 aromatic heterocycles. The third kappa shape index (κ3) is 1.56. The zero-order valence-electron chi connectivity index (χ0n) is 8.65.